The number of hydrogen-bond acceptors (Lipinski definition) is 5. The van der Waals surface area contributed by atoms with Crippen molar-refractivity contribution >= 4 is 29.1 Å². The molecule has 29 heavy (non-hydrogen) atoms. The summed E-state index contributed by atoms with van der Waals surface area (Å²) in [7, 11) is 0. The molecule has 2 aliphatic rings. The molecule has 2 atom stereocenters. The fraction of sp³-hybridized carbons (Fsp3) is 0.318. The van der Waals surface area contributed by atoms with Crippen molar-refractivity contribution in [2.75, 3.05) is 4.90 Å². The minimum atomic E-state index is -0.391. The highest BCUT2D eigenvalue weighted by Crippen LogP contribution is 2.40. The summed E-state index contributed by atoms with van der Waals surface area (Å²) >= 11 is 0. The zero-order chi connectivity index (χ0) is 20.4. The molecular weight excluding hydrogens is 368 g/mol. The lowest BCUT2D eigenvalue weighted by atomic mass is 9.81. The van der Waals surface area contributed by atoms with Gasteiger partial charge in [0.15, 0.2) is 0 Å². The third-order valence-electron chi connectivity index (χ3n) is 5.61. The van der Waals surface area contributed by atoms with Gasteiger partial charge in [-0.3, -0.25) is 24.3 Å². The monoisotopic (exact) mass is 390 g/mol. The second kappa shape index (κ2) is 7.95. The summed E-state index contributed by atoms with van der Waals surface area (Å²) in [5, 5.41) is 4.12. The molecule has 1 N–H and O–H groups in total. The smallest absolute Gasteiger partial charge is 0.274 e. The number of pyridine rings is 1. The molecule has 3 amide bonds. The fourth-order valence-electron chi connectivity index (χ4n) is 4.02. The van der Waals surface area contributed by atoms with Crippen molar-refractivity contribution in [3.63, 3.8) is 0 Å². The highest BCUT2D eigenvalue weighted by molar-refractivity contribution is 6.22. The Balaban J connectivity index is 1.47. The number of nitrogens with zero attached hydrogens (tertiary/aromatic N) is 3. The Bertz CT molecular complexity index is 945. The van der Waals surface area contributed by atoms with Crippen LogP contribution >= 0.6 is 0 Å². The molecule has 1 aliphatic heterocycles. The first-order valence-electron chi connectivity index (χ1n) is 9.80. The number of benzene rings is 1. The van der Waals surface area contributed by atoms with E-state index in [1.54, 1.807) is 55.6 Å². The number of carbonyl (C=O) groups excluding carboxylic acids is 3. The third kappa shape index (κ3) is 3.68. The molecule has 1 aromatic heterocycles. The lowest BCUT2D eigenvalue weighted by molar-refractivity contribution is -0.122. The number of imide groups is 1. The molecular formula is C22H22N4O3. The Morgan fingerprint density at radius 2 is 1.69 bits per heavy atom. The Labute approximate surface area is 168 Å². The van der Waals surface area contributed by atoms with Crippen molar-refractivity contribution in [2.45, 2.75) is 32.6 Å². The molecule has 1 saturated carbocycles. The number of amides is 3. The first-order chi connectivity index (χ1) is 14.1. The van der Waals surface area contributed by atoms with Crippen LogP contribution in [0.15, 0.2) is 53.8 Å². The average molecular weight is 390 g/mol. The molecule has 7 nitrogen and oxygen atoms in total. The van der Waals surface area contributed by atoms with Crippen LogP contribution in [0.5, 0.6) is 0 Å². The van der Waals surface area contributed by atoms with E-state index >= 15 is 0 Å². The average Bonchev–Trinajstić information content (AvgIpc) is 3.03. The standard InChI is InChI=1S/C22H22N4O3/c1-14(24-25-20(27)19-8-4-5-13-23-19)15-9-11-16(12-10-15)26-21(28)17-6-2-3-7-18(17)22(26)29/h4-5,8-13,17-18H,2-3,6-7H2,1H3,(H,25,27)/b24-14-/t17-,18-/m0/s1. The van der Waals surface area contributed by atoms with Gasteiger partial charge in [0.2, 0.25) is 11.8 Å². The van der Waals surface area contributed by atoms with Crippen molar-refractivity contribution in [3.8, 4) is 0 Å². The largest absolute Gasteiger partial charge is 0.289 e. The van der Waals surface area contributed by atoms with Gasteiger partial charge in [0, 0.05) is 6.20 Å². The summed E-state index contributed by atoms with van der Waals surface area (Å²) in [6.45, 7) is 1.77. The van der Waals surface area contributed by atoms with Crippen LogP contribution in [0.3, 0.4) is 0 Å². The molecule has 2 heterocycles. The van der Waals surface area contributed by atoms with Crippen LogP contribution in [0.2, 0.25) is 0 Å². The maximum Gasteiger partial charge on any atom is 0.289 e. The van der Waals surface area contributed by atoms with E-state index in [9.17, 15) is 14.4 Å². The van der Waals surface area contributed by atoms with E-state index < -0.39 is 5.91 Å². The van der Waals surface area contributed by atoms with Gasteiger partial charge in [-0.05, 0) is 49.6 Å². The Morgan fingerprint density at radius 3 is 2.28 bits per heavy atom. The molecule has 0 radical (unpaired) electrons. The van der Waals surface area contributed by atoms with Crippen LogP contribution in [0.4, 0.5) is 5.69 Å². The van der Waals surface area contributed by atoms with E-state index in [2.05, 4.69) is 15.5 Å². The van der Waals surface area contributed by atoms with Gasteiger partial charge in [0.25, 0.3) is 5.91 Å². The number of hydrogen-bond donors (Lipinski definition) is 1. The highest BCUT2D eigenvalue weighted by Gasteiger charge is 2.48. The van der Waals surface area contributed by atoms with Crippen LogP contribution < -0.4 is 10.3 Å². The van der Waals surface area contributed by atoms with Gasteiger partial charge in [0.05, 0.1) is 23.2 Å². The quantitative estimate of drug-likeness (QED) is 0.494. The number of nitrogens with one attached hydrogen (secondary N) is 1. The minimum absolute atomic E-state index is 0.0829. The van der Waals surface area contributed by atoms with E-state index in [1.807, 2.05) is 0 Å². The van der Waals surface area contributed by atoms with Crippen LogP contribution in [-0.2, 0) is 9.59 Å². The first kappa shape index (κ1) is 19.0. The van der Waals surface area contributed by atoms with Crippen molar-refractivity contribution in [2.24, 2.45) is 16.9 Å². The number of fused-ring (bicyclic) bond motifs is 1. The minimum Gasteiger partial charge on any atom is -0.274 e. The van der Waals surface area contributed by atoms with Crippen LogP contribution in [0.1, 0.15) is 48.7 Å². The number of rotatable bonds is 4. The van der Waals surface area contributed by atoms with Crippen LogP contribution in [-0.4, -0.2) is 28.4 Å². The zero-order valence-corrected chi connectivity index (χ0v) is 16.2. The molecule has 1 aliphatic carbocycles. The Kier molecular flexibility index (Phi) is 5.20. The molecule has 148 valence electrons. The summed E-state index contributed by atoms with van der Waals surface area (Å²) in [6.07, 6.45) is 5.15. The molecule has 4 rings (SSSR count). The van der Waals surface area contributed by atoms with Gasteiger partial charge in [-0.25, -0.2) is 5.43 Å². The molecule has 0 unspecified atom stereocenters. The van der Waals surface area contributed by atoms with E-state index in [-0.39, 0.29) is 29.3 Å². The van der Waals surface area contributed by atoms with E-state index in [0.29, 0.717) is 11.4 Å². The lowest BCUT2D eigenvalue weighted by Crippen LogP contribution is -2.30. The maximum atomic E-state index is 12.7. The molecule has 1 aromatic carbocycles. The number of anilines is 1. The molecule has 1 saturated heterocycles. The lowest BCUT2D eigenvalue weighted by Gasteiger charge is -2.19. The second-order valence-corrected chi connectivity index (χ2v) is 7.41. The zero-order valence-electron chi connectivity index (χ0n) is 16.2. The van der Waals surface area contributed by atoms with Crippen molar-refractivity contribution in [1.82, 2.24) is 10.4 Å². The van der Waals surface area contributed by atoms with Gasteiger partial charge in [-0.15, -0.1) is 0 Å². The van der Waals surface area contributed by atoms with Crippen molar-refractivity contribution in [3.05, 3.63) is 59.9 Å². The van der Waals surface area contributed by atoms with Crippen molar-refractivity contribution in [1.29, 1.82) is 0 Å². The molecule has 0 bridgehead atoms. The normalized spacial score (nSPS) is 21.8. The Hall–Kier alpha value is -3.35. The fourth-order valence-corrected chi connectivity index (χ4v) is 4.02. The summed E-state index contributed by atoms with van der Waals surface area (Å²) in [5.74, 6) is -0.888. The van der Waals surface area contributed by atoms with E-state index in [1.165, 1.54) is 4.90 Å². The summed E-state index contributed by atoms with van der Waals surface area (Å²) in [4.78, 5) is 42.8. The van der Waals surface area contributed by atoms with Gasteiger partial charge in [0.1, 0.15) is 5.69 Å². The van der Waals surface area contributed by atoms with Gasteiger partial charge < -0.3 is 0 Å². The van der Waals surface area contributed by atoms with E-state index in [0.717, 1.165) is 31.2 Å². The number of carbonyl (C=O) groups is 3. The SMILES string of the molecule is C/C(=N/NC(=O)c1ccccn1)c1ccc(N2C(=O)[C@H]3CCCC[C@@H]3C2=O)cc1. The van der Waals surface area contributed by atoms with Crippen LogP contribution in [0, 0.1) is 11.8 Å². The maximum absolute atomic E-state index is 12.7. The highest BCUT2D eigenvalue weighted by atomic mass is 16.2. The summed E-state index contributed by atoms with van der Waals surface area (Å²) in [5.41, 5.74) is 4.74. The summed E-state index contributed by atoms with van der Waals surface area (Å²) in [6, 6.07) is 12.2. The van der Waals surface area contributed by atoms with E-state index in [4.69, 9.17) is 0 Å². The summed E-state index contributed by atoms with van der Waals surface area (Å²) < 4.78 is 0. The topological polar surface area (TPSA) is 91.7 Å². The Morgan fingerprint density at radius 1 is 1.03 bits per heavy atom. The van der Waals surface area contributed by atoms with Gasteiger partial charge >= 0.3 is 0 Å². The predicted molar refractivity (Wildman–Crippen MR) is 108 cm³/mol. The second-order valence-electron chi connectivity index (χ2n) is 7.41. The number of hydrazone groups is 1. The number of aromatic nitrogens is 1. The molecule has 2 aromatic rings. The first-order valence-corrected chi connectivity index (χ1v) is 9.80. The van der Waals surface area contributed by atoms with Crippen LogP contribution in [0.25, 0.3) is 0 Å². The predicted octanol–water partition coefficient (Wildman–Crippen LogP) is 2.92. The molecule has 0 spiro atoms. The molecule has 2 fully saturated rings. The van der Waals surface area contributed by atoms with Gasteiger partial charge in [-0.2, -0.15) is 5.10 Å². The third-order valence-corrected chi connectivity index (χ3v) is 5.61. The molecule has 7 heteroatoms. The van der Waals surface area contributed by atoms with Crippen molar-refractivity contribution < 1.29 is 14.4 Å². The van der Waals surface area contributed by atoms with Gasteiger partial charge in [-0.1, -0.05) is 31.0 Å².